The highest BCUT2D eigenvalue weighted by Crippen LogP contribution is 2.07. The third-order valence-electron chi connectivity index (χ3n) is 4.90. The Kier molecular flexibility index (Phi) is 11.2. The zero-order chi connectivity index (χ0) is 20.3. The van der Waals surface area contributed by atoms with Crippen LogP contribution in [0.1, 0.15) is 17.7 Å². The van der Waals surface area contributed by atoms with Crippen molar-refractivity contribution in [2.45, 2.75) is 19.4 Å². The van der Waals surface area contributed by atoms with Crippen LogP contribution >= 0.6 is 24.0 Å². The number of ether oxygens (including phenoxy) is 1. The van der Waals surface area contributed by atoms with Gasteiger partial charge in [0.15, 0.2) is 5.96 Å². The van der Waals surface area contributed by atoms with Crippen molar-refractivity contribution in [3.63, 3.8) is 0 Å². The van der Waals surface area contributed by atoms with E-state index in [2.05, 4.69) is 10.2 Å². The number of nitrogens with one attached hydrogen (secondary N) is 1. The Morgan fingerprint density at radius 2 is 2.07 bits per heavy atom. The van der Waals surface area contributed by atoms with Crippen LogP contribution < -0.4 is 5.32 Å². The first kappa shape index (κ1) is 24.6. The van der Waals surface area contributed by atoms with E-state index in [1.807, 2.05) is 30.1 Å². The molecule has 1 fully saturated rings. The summed E-state index contributed by atoms with van der Waals surface area (Å²) in [5.41, 5.74) is 0.918. The molecule has 0 bridgehead atoms. The molecule has 2 aromatic rings. The molecule has 2 heterocycles. The molecule has 0 saturated carbocycles. The summed E-state index contributed by atoms with van der Waals surface area (Å²) in [5.74, 6) is 1.55. The molecule has 0 aliphatic carbocycles. The number of aliphatic imine (C=N–C) groups is 1. The zero-order valence-corrected chi connectivity index (χ0v) is 19.9. The number of guanidine groups is 1. The molecule has 1 aliphatic heterocycles. The molecule has 8 heteroatoms. The lowest BCUT2D eigenvalue weighted by Gasteiger charge is -2.26. The minimum atomic E-state index is -0.217. The molecule has 0 amide bonds. The van der Waals surface area contributed by atoms with Crippen molar-refractivity contribution in [2.24, 2.45) is 4.99 Å². The molecule has 1 N–H and O–H groups in total. The zero-order valence-electron chi connectivity index (χ0n) is 17.6. The summed E-state index contributed by atoms with van der Waals surface area (Å²) in [6.45, 7) is 6.72. The van der Waals surface area contributed by atoms with Crippen LogP contribution in [0.2, 0.25) is 0 Å². The Morgan fingerprint density at radius 3 is 2.80 bits per heavy atom. The lowest BCUT2D eigenvalue weighted by Crippen LogP contribution is -2.40. The van der Waals surface area contributed by atoms with Crippen LogP contribution in [0.15, 0.2) is 52.1 Å². The van der Waals surface area contributed by atoms with Crippen LogP contribution in [0.5, 0.6) is 0 Å². The van der Waals surface area contributed by atoms with Crippen molar-refractivity contribution in [1.82, 2.24) is 15.1 Å². The number of furan rings is 1. The minimum Gasteiger partial charge on any atom is -0.469 e. The van der Waals surface area contributed by atoms with Crippen LogP contribution in [0, 0.1) is 5.82 Å². The third-order valence-corrected chi connectivity index (χ3v) is 4.90. The highest BCUT2D eigenvalue weighted by Gasteiger charge is 2.11. The van der Waals surface area contributed by atoms with Gasteiger partial charge in [0.25, 0.3) is 0 Å². The van der Waals surface area contributed by atoms with Gasteiger partial charge in [0.05, 0.1) is 19.5 Å². The second-order valence-corrected chi connectivity index (χ2v) is 7.26. The van der Waals surface area contributed by atoms with Crippen LogP contribution in [0.25, 0.3) is 0 Å². The van der Waals surface area contributed by atoms with Gasteiger partial charge in [-0.05, 0) is 36.2 Å². The van der Waals surface area contributed by atoms with Gasteiger partial charge in [0, 0.05) is 52.7 Å². The summed E-state index contributed by atoms with van der Waals surface area (Å²) >= 11 is 0. The maximum absolute atomic E-state index is 13.5. The number of morpholine rings is 1. The fraction of sp³-hybridized carbons (Fsp3) is 0.500. The van der Waals surface area contributed by atoms with Crippen molar-refractivity contribution in [2.75, 3.05) is 53.0 Å². The minimum absolute atomic E-state index is 0. The summed E-state index contributed by atoms with van der Waals surface area (Å²) < 4.78 is 24.3. The standard InChI is InChI=1S/C22H31FN4O2.HI/c1-26(18-19-5-2-6-20(23)17-19)22(25-10-8-21-7-3-14-29-21)24-9-4-11-27-12-15-28-16-13-27;/h2-3,5-7,14,17H,4,8-13,15-16,18H2,1H3,(H,24,25);1H. The molecule has 0 radical (unpaired) electrons. The van der Waals surface area contributed by atoms with E-state index >= 15 is 0 Å². The van der Waals surface area contributed by atoms with Gasteiger partial charge in [-0.2, -0.15) is 0 Å². The fourth-order valence-corrected chi connectivity index (χ4v) is 3.35. The molecule has 0 atom stereocenters. The monoisotopic (exact) mass is 530 g/mol. The van der Waals surface area contributed by atoms with E-state index in [1.54, 1.807) is 18.4 Å². The fourth-order valence-electron chi connectivity index (χ4n) is 3.35. The molecule has 1 aromatic heterocycles. The van der Waals surface area contributed by atoms with Gasteiger partial charge < -0.3 is 19.4 Å². The highest BCUT2D eigenvalue weighted by atomic mass is 127. The highest BCUT2D eigenvalue weighted by molar-refractivity contribution is 14.0. The molecule has 1 aliphatic rings. The Balaban J connectivity index is 0.00000320. The quantitative estimate of drug-likeness (QED) is 0.233. The first-order chi connectivity index (χ1) is 14.2. The van der Waals surface area contributed by atoms with Gasteiger partial charge in [-0.15, -0.1) is 24.0 Å². The molecular weight excluding hydrogens is 498 g/mol. The number of hydrogen-bond acceptors (Lipinski definition) is 4. The van der Waals surface area contributed by atoms with E-state index < -0.39 is 0 Å². The van der Waals surface area contributed by atoms with Gasteiger partial charge in [-0.25, -0.2) is 4.39 Å². The average Bonchev–Trinajstić information content (AvgIpc) is 3.24. The maximum Gasteiger partial charge on any atom is 0.193 e. The van der Waals surface area contributed by atoms with E-state index in [-0.39, 0.29) is 29.8 Å². The Labute approximate surface area is 195 Å². The van der Waals surface area contributed by atoms with Crippen molar-refractivity contribution < 1.29 is 13.5 Å². The van der Waals surface area contributed by atoms with Gasteiger partial charge in [0.2, 0.25) is 0 Å². The number of rotatable bonds is 9. The number of halogens is 2. The third kappa shape index (κ3) is 8.61. The molecular formula is C22H32FIN4O2. The van der Waals surface area contributed by atoms with E-state index in [4.69, 9.17) is 14.1 Å². The maximum atomic E-state index is 13.5. The van der Waals surface area contributed by atoms with Gasteiger partial charge in [-0.1, -0.05) is 12.1 Å². The first-order valence-corrected chi connectivity index (χ1v) is 10.3. The summed E-state index contributed by atoms with van der Waals surface area (Å²) in [7, 11) is 1.98. The topological polar surface area (TPSA) is 53.2 Å². The lowest BCUT2D eigenvalue weighted by molar-refractivity contribution is 0.0377. The van der Waals surface area contributed by atoms with Crippen molar-refractivity contribution in [3.8, 4) is 0 Å². The van der Waals surface area contributed by atoms with Crippen LogP contribution in [-0.4, -0.2) is 68.7 Å². The summed E-state index contributed by atoms with van der Waals surface area (Å²) in [6, 6.07) is 10.6. The van der Waals surface area contributed by atoms with Gasteiger partial charge >= 0.3 is 0 Å². The average molecular weight is 530 g/mol. The number of benzene rings is 1. The van der Waals surface area contributed by atoms with Crippen molar-refractivity contribution in [3.05, 3.63) is 59.8 Å². The molecule has 3 rings (SSSR count). The van der Waals surface area contributed by atoms with E-state index in [9.17, 15) is 4.39 Å². The predicted octanol–water partition coefficient (Wildman–Crippen LogP) is 3.38. The molecule has 1 aromatic carbocycles. The van der Waals surface area contributed by atoms with Crippen LogP contribution in [-0.2, 0) is 17.7 Å². The second kappa shape index (κ2) is 13.6. The Bertz CT molecular complexity index is 751. The molecule has 1 saturated heterocycles. The van der Waals surface area contributed by atoms with E-state index in [0.29, 0.717) is 6.54 Å². The SMILES string of the molecule is CN(Cc1cccc(F)c1)C(=NCCCN1CCOCC1)NCCc1ccco1.I. The summed E-state index contributed by atoms with van der Waals surface area (Å²) in [6.07, 6.45) is 3.47. The molecule has 6 nitrogen and oxygen atoms in total. The summed E-state index contributed by atoms with van der Waals surface area (Å²) in [4.78, 5) is 9.24. The van der Waals surface area contributed by atoms with Crippen LogP contribution in [0.3, 0.4) is 0 Å². The van der Waals surface area contributed by atoms with E-state index in [0.717, 1.165) is 76.1 Å². The second-order valence-electron chi connectivity index (χ2n) is 7.26. The first-order valence-electron chi connectivity index (χ1n) is 10.3. The number of nitrogens with zero attached hydrogens (tertiary/aromatic N) is 3. The lowest BCUT2D eigenvalue weighted by atomic mass is 10.2. The summed E-state index contributed by atoms with van der Waals surface area (Å²) in [5, 5.41) is 3.42. The van der Waals surface area contributed by atoms with Gasteiger partial charge in [-0.3, -0.25) is 9.89 Å². The Hall–Kier alpha value is -1.65. The normalized spacial score (nSPS) is 14.9. The predicted molar refractivity (Wildman–Crippen MR) is 128 cm³/mol. The molecule has 30 heavy (non-hydrogen) atoms. The smallest absolute Gasteiger partial charge is 0.193 e. The molecule has 0 unspecified atom stereocenters. The van der Waals surface area contributed by atoms with Gasteiger partial charge in [0.1, 0.15) is 11.6 Å². The Morgan fingerprint density at radius 1 is 1.23 bits per heavy atom. The van der Waals surface area contributed by atoms with Crippen molar-refractivity contribution in [1.29, 1.82) is 0 Å². The number of hydrogen-bond donors (Lipinski definition) is 1. The van der Waals surface area contributed by atoms with Crippen LogP contribution in [0.4, 0.5) is 4.39 Å². The molecule has 0 spiro atoms. The molecule has 166 valence electrons. The van der Waals surface area contributed by atoms with E-state index in [1.165, 1.54) is 6.07 Å². The largest absolute Gasteiger partial charge is 0.469 e. The van der Waals surface area contributed by atoms with Crippen molar-refractivity contribution >= 4 is 29.9 Å².